The summed E-state index contributed by atoms with van der Waals surface area (Å²) in [6, 6.07) is 56.7. The molecule has 0 atom stereocenters. The maximum Gasteiger partial charge on any atom is 2.00 e. The zero-order valence-corrected chi connectivity index (χ0v) is 35.2. The Labute approximate surface area is 359 Å². The molecule has 0 amide bonds. The van der Waals surface area contributed by atoms with Crippen LogP contribution in [-0.2, 0) is 26.5 Å². The van der Waals surface area contributed by atoms with Crippen molar-refractivity contribution in [1.82, 2.24) is 14.1 Å². The minimum absolute atomic E-state index is 0. The van der Waals surface area contributed by atoms with Crippen LogP contribution in [0.3, 0.4) is 0 Å². The van der Waals surface area contributed by atoms with Gasteiger partial charge in [0.2, 0.25) is 7.28 Å². The first-order chi connectivity index (χ1) is 28.4. The van der Waals surface area contributed by atoms with Crippen molar-refractivity contribution in [2.45, 2.75) is 26.2 Å². The van der Waals surface area contributed by atoms with Crippen molar-refractivity contribution < 1.29 is 30.4 Å². The van der Waals surface area contributed by atoms with Gasteiger partial charge in [0.05, 0.1) is 22.4 Å². The van der Waals surface area contributed by atoms with Crippen molar-refractivity contribution in [1.29, 1.82) is 0 Å². The van der Waals surface area contributed by atoms with Gasteiger partial charge in [0.1, 0.15) is 5.82 Å². The molecular weight excluding hydrogens is 902 g/mol. The van der Waals surface area contributed by atoms with Crippen LogP contribution >= 0.6 is 0 Å². The SMILES string of the molecule is CC(C)(C)c1ccnc(-n2c3[c-]c(OC4=CC=CC=C(n5[c-][n+](-c6c(-c7ccccc7)cccc6-c6ccccc6)c6ccccc65)[B]4)ccc3c3ccccc32)c1.[Pt+2]. The second-order valence-corrected chi connectivity index (χ2v) is 15.6. The summed E-state index contributed by atoms with van der Waals surface area (Å²) in [5.41, 5.74) is 12.4. The molecule has 0 saturated carbocycles. The van der Waals surface area contributed by atoms with E-state index in [-0.39, 0.29) is 26.5 Å². The van der Waals surface area contributed by atoms with E-state index in [1.165, 1.54) is 5.56 Å². The molecule has 9 aromatic rings. The smallest absolute Gasteiger partial charge is 0.499 e. The summed E-state index contributed by atoms with van der Waals surface area (Å²) >= 11 is 0. The van der Waals surface area contributed by atoms with E-state index in [1.54, 1.807) is 0 Å². The van der Waals surface area contributed by atoms with Crippen molar-refractivity contribution in [2.75, 3.05) is 0 Å². The van der Waals surface area contributed by atoms with Gasteiger partial charge in [-0.15, -0.1) is 17.5 Å². The van der Waals surface area contributed by atoms with E-state index >= 15 is 0 Å². The summed E-state index contributed by atoms with van der Waals surface area (Å²) in [6.07, 6.45) is 13.8. The predicted octanol–water partition coefficient (Wildman–Crippen LogP) is 11.6. The topological polar surface area (TPSA) is 35.9 Å². The average Bonchev–Trinajstić information content (AvgIpc) is 3.70. The first kappa shape index (κ1) is 38.1. The van der Waals surface area contributed by atoms with Crippen LogP contribution in [0.2, 0.25) is 0 Å². The molecule has 1 aliphatic heterocycles. The third-order valence-electron chi connectivity index (χ3n) is 10.8. The number of benzene rings is 6. The van der Waals surface area contributed by atoms with Crippen LogP contribution in [0.15, 0.2) is 188 Å². The molecule has 0 fully saturated rings. The summed E-state index contributed by atoms with van der Waals surface area (Å²) in [6.45, 7) is 6.68. The minimum Gasteiger partial charge on any atom is -0.499 e. The van der Waals surface area contributed by atoms with Crippen molar-refractivity contribution >= 4 is 45.7 Å². The number of hydrogen-bond acceptors (Lipinski definition) is 2. The molecule has 10 rings (SSSR count). The molecule has 3 aromatic heterocycles. The monoisotopic (exact) mass is 941 g/mol. The summed E-state index contributed by atoms with van der Waals surface area (Å²) in [5.74, 6) is 1.47. The molecule has 7 heteroatoms. The molecule has 6 aromatic carbocycles. The molecule has 285 valence electrons. The number of nitrogens with zero attached hydrogens (tertiary/aromatic N) is 4. The fourth-order valence-corrected chi connectivity index (χ4v) is 7.96. The second-order valence-electron chi connectivity index (χ2n) is 15.6. The Bertz CT molecular complexity index is 3040. The van der Waals surface area contributed by atoms with Crippen molar-refractivity contribution in [2.24, 2.45) is 0 Å². The third kappa shape index (κ3) is 7.08. The predicted molar refractivity (Wildman–Crippen MR) is 237 cm³/mol. The van der Waals surface area contributed by atoms with E-state index in [1.807, 2.05) is 30.5 Å². The van der Waals surface area contributed by atoms with E-state index < -0.39 is 0 Å². The largest absolute Gasteiger partial charge is 2.00 e. The van der Waals surface area contributed by atoms with E-state index in [2.05, 4.69) is 206 Å². The van der Waals surface area contributed by atoms with Crippen molar-refractivity contribution in [3.05, 3.63) is 206 Å². The average molecular weight is 942 g/mol. The molecule has 1 aliphatic rings. The zero-order chi connectivity index (χ0) is 39.2. The summed E-state index contributed by atoms with van der Waals surface area (Å²) in [5, 5.41) is 2.23. The Kier molecular flexibility index (Phi) is 10.1. The Morgan fingerprint density at radius 2 is 1.32 bits per heavy atom. The molecule has 0 aliphatic carbocycles. The molecule has 0 saturated heterocycles. The fraction of sp³-hybridized carbons (Fsp3) is 0.0769. The first-order valence-electron chi connectivity index (χ1n) is 19.6. The number of pyridine rings is 1. The number of hydrogen-bond donors (Lipinski definition) is 0. The van der Waals surface area contributed by atoms with E-state index in [0.717, 1.165) is 72.2 Å². The number of allylic oxidation sites excluding steroid dienone is 4. The Balaban J connectivity index is 0.00000449. The maximum absolute atomic E-state index is 6.71. The summed E-state index contributed by atoms with van der Waals surface area (Å²) < 4.78 is 13.2. The zero-order valence-electron chi connectivity index (χ0n) is 32.9. The van der Waals surface area contributed by atoms with Gasteiger partial charge >= 0.3 is 21.1 Å². The Morgan fingerprint density at radius 1 is 0.661 bits per heavy atom. The van der Waals surface area contributed by atoms with Gasteiger partial charge in [0, 0.05) is 23.1 Å². The Hall–Kier alpha value is -6.49. The van der Waals surface area contributed by atoms with Gasteiger partial charge in [-0.1, -0.05) is 166 Å². The number of rotatable bonds is 7. The summed E-state index contributed by atoms with van der Waals surface area (Å²) in [7, 11) is 2.07. The molecule has 0 unspecified atom stereocenters. The maximum atomic E-state index is 6.71. The van der Waals surface area contributed by atoms with Crippen LogP contribution in [0.5, 0.6) is 5.75 Å². The van der Waals surface area contributed by atoms with Gasteiger partial charge in [-0.2, -0.15) is 6.07 Å². The molecule has 59 heavy (non-hydrogen) atoms. The molecule has 5 nitrogen and oxygen atoms in total. The fourth-order valence-electron chi connectivity index (χ4n) is 7.96. The van der Waals surface area contributed by atoms with Crippen LogP contribution in [0, 0.1) is 12.4 Å². The van der Waals surface area contributed by atoms with Crippen LogP contribution < -0.4 is 9.30 Å². The molecule has 0 N–H and O–H groups in total. The number of imidazole rings is 1. The van der Waals surface area contributed by atoms with Crippen LogP contribution in [-0.4, -0.2) is 21.4 Å². The number of aromatic nitrogens is 4. The molecular formula is C52H39BN4OPt+. The van der Waals surface area contributed by atoms with Crippen LogP contribution in [0.25, 0.3) is 72.2 Å². The first-order valence-corrected chi connectivity index (χ1v) is 19.6. The van der Waals surface area contributed by atoms with Crippen molar-refractivity contribution in [3.63, 3.8) is 0 Å². The Morgan fingerprint density at radius 3 is 2.05 bits per heavy atom. The minimum atomic E-state index is -0.0216. The number of para-hydroxylation sites is 4. The number of fused-ring (bicyclic) bond motifs is 4. The standard InChI is InChI=1S/C52H39BN4O.Pt/c1-52(2,3)38-31-32-54-50(33-38)57-44-24-11-10-21-42(44)43-30-29-39(34-47(43)57)58-49-28-15-14-27-48(53-49)55-35-56(46-26-13-12-25-45(46)55)51-40(36-17-6-4-7-18-36)22-16-23-41(51)37-19-8-5-9-20-37;/h4-33H,1-3H3;/q-1;+2. The molecule has 4 heterocycles. The molecule has 0 bridgehead atoms. The molecule has 1 radical (unpaired) electrons. The normalized spacial score (nSPS) is 12.8. The second kappa shape index (κ2) is 15.7. The number of ether oxygens (including phenoxy) is 1. The van der Waals surface area contributed by atoms with Crippen LogP contribution in [0.1, 0.15) is 26.3 Å². The molecule has 0 spiro atoms. The van der Waals surface area contributed by atoms with Gasteiger partial charge in [0.25, 0.3) is 6.33 Å². The van der Waals surface area contributed by atoms with E-state index in [9.17, 15) is 0 Å². The van der Waals surface area contributed by atoms with Gasteiger partial charge < -0.3 is 13.9 Å². The summed E-state index contributed by atoms with van der Waals surface area (Å²) in [4.78, 5) is 4.85. The van der Waals surface area contributed by atoms with Gasteiger partial charge in [-0.3, -0.25) is 4.57 Å². The van der Waals surface area contributed by atoms with E-state index in [0.29, 0.717) is 11.4 Å². The van der Waals surface area contributed by atoms with Gasteiger partial charge in [-0.05, 0) is 62.9 Å². The van der Waals surface area contributed by atoms with Crippen molar-refractivity contribution in [3.8, 4) is 39.5 Å². The quantitative estimate of drug-likeness (QED) is 0.0907. The van der Waals surface area contributed by atoms with E-state index in [4.69, 9.17) is 9.72 Å². The van der Waals surface area contributed by atoms with Gasteiger partial charge in [0.15, 0.2) is 0 Å². The third-order valence-corrected chi connectivity index (χ3v) is 10.8. The van der Waals surface area contributed by atoms with Crippen LogP contribution in [0.4, 0.5) is 0 Å². The van der Waals surface area contributed by atoms with Gasteiger partial charge in [-0.25, -0.2) is 4.98 Å².